The highest BCUT2D eigenvalue weighted by Gasteiger charge is 2.10. The molecule has 2 nitrogen and oxygen atoms in total. The molecule has 0 rings (SSSR count). The Kier molecular flexibility index (Phi) is 15.5. The van der Waals surface area contributed by atoms with Crippen LogP contribution in [-0.4, -0.2) is 23.9 Å². The Morgan fingerprint density at radius 2 is 1.10 bits per heavy atom. The van der Waals surface area contributed by atoms with Gasteiger partial charge in [-0.3, -0.25) is 4.79 Å². The topological polar surface area (TPSA) is 20.3 Å². The third kappa shape index (κ3) is 12.9. The average molecular weight is 297 g/mol. The number of rotatable bonds is 15. The minimum absolute atomic E-state index is 0.233. The molecule has 0 aromatic carbocycles. The van der Waals surface area contributed by atoms with E-state index < -0.39 is 0 Å². The second-order valence-corrected chi connectivity index (χ2v) is 6.17. The average Bonchev–Trinajstić information content (AvgIpc) is 2.51. The quantitative estimate of drug-likeness (QED) is 0.352. The van der Waals surface area contributed by atoms with Gasteiger partial charge in [-0.25, -0.2) is 0 Å². The maximum Gasteiger partial charge on any atom is 0.222 e. The fourth-order valence-electron chi connectivity index (χ4n) is 2.69. The summed E-state index contributed by atoms with van der Waals surface area (Å²) in [6.07, 6.45) is 15.9. The smallest absolute Gasteiger partial charge is 0.222 e. The van der Waals surface area contributed by atoms with Gasteiger partial charge in [0, 0.05) is 19.5 Å². The molecule has 0 atom stereocenters. The van der Waals surface area contributed by atoms with Crippen molar-refractivity contribution in [2.24, 2.45) is 0 Å². The molecule has 21 heavy (non-hydrogen) atoms. The van der Waals surface area contributed by atoms with Crippen molar-refractivity contribution in [3.8, 4) is 0 Å². The molecule has 1 radical (unpaired) electrons. The van der Waals surface area contributed by atoms with E-state index in [1.54, 1.807) is 0 Å². The number of hydrogen-bond acceptors (Lipinski definition) is 1. The molecule has 1 amide bonds. The second-order valence-electron chi connectivity index (χ2n) is 6.17. The van der Waals surface area contributed by atoms with Crippen LogP contribution in [0.4, 0.5) is 0 Å². The molecular weight excluding hydrogens is 258 g/mol. The van der Waals surface area contributed by atoms with Crippen LogP contribution in [0.15, 0.2) is 0 Å². The van der Waals surface area contributed by atoms with Crippen molar-refractivity contribution < 1.29 is 4.79 Å². The van der Waals surface area contributed by atoms with E-state index in [0.29, 0.717) is 6.42 Å². The second kappa shape index (κ2) is 15.9. The van der Waals surface area contributed by atoms with Crippen LogP contribution in [0, 0.1) is 6.92 Å². The first-order valence-electron chi connectivity index (χ1n) is 9.33. The van der Waals surface area contributed by atoms with E-state index in [0.717, 1.165) is 25.9 Å². The van der Waals surface area contributed by atoms with Crippen LogP contribution in [0.25, 0.3) is 0 Å². The number of hydrogen-bond donors (Lipinski definition) is 0. The zero-order valence-corrected chi connectivity index (χ0v) is 14.7. The summed E-state index contributed by atoms with van der Waals surface area (Å²) in [7, 11) is 0. The number of amides is 1. The van der Waals surface area contributed by atoms with E-state index in [-0.39, 0.29) is 5.91 Å². The highest BCUT2D eigenvalue weighted by atomic mass is 16.2. The van der Waals surface area contributed by atoms with Gasteiger partial charge in [0.25, 0.3) is 0 Å². The fourth-order valence-corrected chi connectivity index (χ4v) is 2.69. The van der Waals surface area contributed by atoms with Gasteiger partial charge in [-0.1, -0.05) is 78.1 Å². The van der Waals surface area contributed by atoms with E-state index in [1.165, 1.54) is 64.2 Å². The van der Waals surface area contributed by atoms with Crippen LogP contribution in [0.1, 0.15) is 97.3 Å². The molecule has 125 valence electrons. The Labute approximate surface area is 133 Å². The molecule has 0 aromatic rings. The van der Waals surface area contributed by atoms with Gasteiger partial charge < -0.3 is 4.90 Å². The highest BCUT2D eigenvalue weighted by molar-refractivity contribution is 5.76. The van der Waals surface area contributed by atoms with Crippen LogP contribution in [0.3, 0.4) is 0 Å². The number of unbranched alkanes of at least 4 members (excludes halogenated alkanes) is 10. The van der Waals surface area contributed by atoms with Crippen molar-refractivity contribution in [3.05, 3.63) is 6.92 Å². The molecule has 0 bridgehead atoms. The minimum Gasteiger partial charge on any atom is -0.343 e. The van der Waals surface area contributed by atoms with Crippen LogP contribution in [-0.2, 0) is 4.79 Å². The monoisotopic (exact) mass is 296 g/mol. The van der Waals surface area contributed by atoms with Gasteiger partial charge in [0.2, 0.25) is 5.91 Å². The zero-order chi connectivity index (χ0) is 15.8. The van der Waals surface area contributed by atoms with Crippen LogP contribution >= 0.6 is 0 Å². The molecule has 2 heteroatoms. The number of carbonyl (C=O) groups is 1. The Hall–Kier alpha value is -0.530. The predicted molar refractivity (Wildman–Crippen MR) is 93.3 cm³/mol. The van der Waals surface area contributed by atoms with Gasteiger partial charge in [-0.05, 0) is 19.8 Å². The summed E-state index contributed by atoms with van der Waals surface area (Å²) < 4.78 is 0. The Bertz CT molecular complexity index is 212. The summed E-state index contributed by atoms with van der Waals surface area (Å²) >= 11 is 0. The van der Waals surface area contributed by atoms with Gasteiger partial charge in [0.05, 0.1) is 0 Å². The van der Waals surface area contributed by atoms with Crippen molar-refractivity contribution >= 4 is 5.91 Å². The van der Waals surface area contributed by atoms with Gasteiger partial charge in [-0.2, -0.15) is 0 Å². The normalized spacial score (nSPS) is 10.8. The maximum absolute atomic E-state index is 11.9. The van der Waals surface area contributed by atoms with Crippen molar-refractivity contribution in [2.45, 2.75) is 97.3 Å². The van der Waals surface area contributed by atoms with E-state index in [2.05, 4.69) is 20.8 Å². The standard InChI is InChI=1S/C19H38NO/c1-4-7-9-11-13-15-17-20(19(21)6-3)18-16-14-12-10-8-5-2/h3-18H2,1-2H3. The third-order valence-corrected chi connectivity index (χ3v) is 4.13. The summed E-state index contributed by atoms with van der Waals surface area (Å²) in [6.45, 7) is 10.1. The molecule has 0 aliphatic carbocycles. The van der Waals surface area contributed by atoms with E-state index in [9.17, 15) is 4.79 Å². The van der Waals surface area contributed by atoms with E-state index in [1.807, 2.05) is 4.90 Å². The molecule has 0 fully saturated rings. The maximum atomic E-state index is 11.9. The van der Waals surface area contributed by atoms with Crippen molar-refractivity contribution in [1.29, 1.82) is 0 Å². The lowest BCUT2D eigenvalue weighted by Crippen LogP contribution is -2.32. The fraction of sp³-hybridized carbons (Fsp3) is 0.895. The first kappa shape index (κ1) is 20.5. The van der Waals surface area contributed by atoms with E-state index >= 15 is 0 Å². The number of nitrogens with zero attached hydrogens (tertiary/aromatic N) is 1. The first-order chi connectivity index (χ1) is 10.3. The lowest BCUT2D eigenvalue weighted by molar-refractivity contribution is -0.130. The predicted octanol–water partition coefficient (Wildman–Crippen LogP) is 5.76. The molecule has 0 aliphatic heterocycles. The third-order valence-electron chi connectivity index (χ3n) is 4.13. The molecule has 0 unspecified atom stereocenters. The highest BCUT2D eigenvalue weighted by Crippen LogP contribution is 2.09. The molecular formula is C19H38NO. The molecule has 0 aromatic heterocycles. The largest absolute Gasteiger partial charge is 0.343 e. The zero-order valence-electron chi connectivity index (χ0n) is 14.7. The van der Waals surface area contributed by atoms with Gasteiger partial charge in [0.1, 0.15) is 0 Å². The van der Waals surface area contributed by atoms with Crippen molar-refractivity contribution in [2.75, 3.05) is 13.1 Å². The van der Waals surface area contributed by atoms with Crippen molar-refractivity contribution in [3.63, 3.8) is 0 Å². The molecule has 0 saturated carbocycles. The first-order valence-corrected chi connectivity index (χ1v) is 9.33. The Balaban J connectivity index is 3.70. The van der Waals surface area contributed by atoms with Crippen molar-refractivity contribution in [1.82, 2.24) is 4.90 Å². The summed E-state index contributed by atoms with van der Waals surface area (Å²) in [5, 5.41) is 0. The lowest BCUT2D eigenvalue weighted by atomic mass is 10.1. The van der Waals surface area contributed by atoms with Gasteiger partial charge >= 0.3 is 0 Å². The molecule has 0 aliphatic rings. The van der Waals surface area contributed by atoms with Crippen LogP contribution < -0.4 is 0 Å². The molecule has 0 spiro atoms. The lowest BCUT2D eigenvalue weighted by Gasteiger charge is -2.22. The molecule has 0 N–H and O–H groups in total. The molecule has 0 saturated heterocycles. The summed E-state index contributed by atoms with van der Waals surface area (Å²) in [5.74, 6) is 0.233. The number of carbonyl (C=O) groups excluding carboxylic acids is 1. The Morgan fingerprint density at radius 1 is 0.714 bits per heavy atom. The van der Waals surface area contributed by atoms with Gasteiger partial charge in [-0.15, -0.1) is 0 Å². The Morgan fingerprint density at radius 3 is 1.48 bits per heavy atom. The van der Waals surface area contributed by atoms with Crippen LogP contribution in [0.2, 0.25) is 0 Å². The van der Waals surface area contributed by atoms with Crippen LogP contribution in [0.5, 0.6) is 0 Å². The minimum atomic E-state index is 0.233. The summed E-state index contributed by atoms with van der Waals surface area (Å²) in [6, 6.07) is 0. The summed E-state index contributed by atoms with van der Waals surface area (Å²) in [4.78, 5) is 14.0. The van der Waals surface area contributed by atoms with Gasteiger partial charge in [0.15, 0.2) is 0 Å². The SMILES string of the molecule is [CH2]CC(=O)N(CCCCCCCC)CCCCCCCC. The summed E-state index contributed by atoms with van der Waals surface area (Å²) in [5.41, 5.74) is 0. The van der Waals surface area contributed by atoms with E-state index in [4.69, 9.17) is 0 Å². The molecule has 0 heterocycles.